The van der Waals surface area contributed by atoms with E-state index in [0.29, 0.717) is 23.3 Å². The first-order valence-electron chi connectivity index (χ1n) is 5.20. The summed E-state index contributed by atoms with van der Waals surface area (Å²) in [7, 11) is 1.53. The molecule has 1 aromatic rings. The van der Waals surface area contributed by atoms with Crippen molar-refractivity contribution in [2.75, 3.05) is 25.6 Å². The fourth-order valence-corrected chi connectivity index (χ4v) is 1.89. The van der Waals surface area contributed by atoms with Crippen molar-refractivity contribution in [1.29, 1.82) is 0 Å². The summed E-state index contributed by atoms with van der Waals surface area (Å²) < 4.78 is 42.7. The minimum Gasteiger partial charge on any atom is -0.383 e. The van der Waals surface area contributed by atoms with E-state index in [1.54, 1.807) is 0 Å². The Morgan fingerprint density at radius 2 is 2.11 bits per heavy atom. The second kappa shape index (κ2) is 6.40. The third kappa shape index (κ3) is 4.15. The molecule has 0 aliphatic carbocycles. The normalized spacial score (nSPS) is 13.4. The smallest absolute Gasteiger partial charge is 0.383 e. The average molecular weight is 327 g/mol. The van der Waals surface area contributed by atoms with Crippen molar-refractivity contribution in [1.82, 2.24) is 0 Å². The summed E-state index contributed by atoms with van der Waals surface area (Å²) in [6.07, 6.45) is -4.35. The highest BCUT2D eigenvalue weighted by atomic mass is 79.9. The number of anilines is 1. The number of hydrogen-bond donors (Lipinski definition) is 2. The van der Waals surface area contributed by atoms with E-state index in [1.807, 2.05) is 0 Å². The van der Waals surface area contributed by atoms with Gasteiger partial charge in [0.15, 0.2) is 0 Å². The van der Waals surface area contributed by atoms with Crippen molar-refractivity contribution in [3.8, 4) is 0 Å². The number of benzene rings is 1. The number of nitrogens with one attached hydrogen (secondary N) is 1. The lowest BCUT2D eigenvalue weighted by atomic mass is 10.2. The molecule has 1 unspecified atom stereocenters. The van der Waals surface area contributed by atoms with Gasteiger partial charge in [-0.2, -0.15) is 13.2 Å². The number of hydrogen-bond acceptors (Lipinski definition) is 3. The molecule has 1 atom stereocenters. The molecule has 3 nitrogen and oxygen atoms in total. The van der Waals surface area contributed by atoms with Gasteiger partial charge in [-0.15, -0.1) is 0 Å². The van der Waals surface area contributed by atoms with Crippen LogP contribution >= 0.6 is 15.9 Å². The predicted molar refractivity (Wildman–Crippen MR) is 67.5 cm³/mol. The lowest BCUT2D eigenvalue weighted by Crippen LogP contribution is -2.33. The van der Waals surface area contributed by atoms with Gasteiger partial charge < -0.3 is 15.8 Å². The van der Waals surface area contributed by atoms with Crippen LogP contribution in [0.25, 0.3) is 0 Å². The van der Waals surface area contributed by atoms with E-state index in [2.05, 4.69) is 21.2 Å². The van der Waals surface area contributed by atoms with Gasteiger partial charge in [0.1, 0.15) is 0 Å². The molecule has 0 spiro atoms. The summed E-state index contributed by atoms with van der Waals surface area (Å²) in [5.41, 5.74) is 5.37. The summed E-state index contributed by atoms with van der Waals surface area (Å²) >= 11 is 3.10. The van der Waals surface area contributed by atoms with Gasteiger partial charge >= 0.3 is 6.18 Å². The SMILES string of the molecule is COCC(CN)Nc1ccc(C(F)(F)F)cc1Br. The summed E-state index contributed by atoms with van der Waals surface area (Å²) in [6.45, 7) is 0.700. The zero-order chi connectivity index (χ0) is 13.8. The van der Waals surface area contributed by atoms with E-state index in [4.69, 9.17) is 10.5 Å². The Morgan fingerprint density at radius 1 is 1.44 bits per heavy atom. The largest absolute Gasteiger partial charge is 0.416 e. The molecule has 0 heterocycles. The van der Waals surface area contributed by atoms with Crippen molar-refractivity contribution in [2.24, 2.45) is 5.73 Å². The molecule has 0 aromatic heterocycles. The standard InChI is InChI=1S/C11H14BrF3N2O/c1-18-6-8(5-16)17-10-3-2-7(4-9(10)12)11(13,14)15/h2-4,8,17H,5-6,16H2,1H3. The maximum Gasteiger partial charge on any atom is 0.416 e. The first kappa shape index (κ1) is 15.3. The van der Waals surface area contributed by atoms with Crippen LogP contribution in [0.1, 0.15) is 5.56 Å². The molecule has 18 heavy (non-hydrogen) atoms. The van der Waals surface area contributed by atoms with Gasteiger partial charge in [-0.05, 0) is 34.1 Å². The topological polar surface area (TPSA) is 47.3 Å². The lowest BCUT2D eigenvalue weighted by molar-refractivity contribution is -0.137. The van der Waals surface area contributed by atoms with E-state index < -0.39 is 11.7 Å². The summed E-state index contributed by atoms with van der Waals surface area (Å²) in [5, 5.41) is 3.01. The lowest BCUT2D eigenvalue weighted by Gasteiger charge is -2.19. The quantitative estimate of drug-likeness (QED) is 0.874. The number of rotatable bonds is 5. The molecule has 1 aromatic carbocycles. The van der Waals surface area contributed by atoms with Gasteiger partial charge in [-0.1, -0.05) is 0 Å². The Labute approximate surface area is 112 Å². The maximum atomic E-state index is 12.5. The van der Waals surface area contributed by atoms with Gasteiger partial charge in [0.25, 0.3) is 0 Å². The molecule has 0 saturated carbocycles. The highest BCUT2D eigenvalue weighted by Crippen LogP contribution is 2.34. The molecular weight excluding hydrogens is 313 g/mol. The monoisotopic (exact) mass is 326 g/mol. The van der Waals surface area contributed by atoms with Gasteiger partial charge in [-0.25, -0.2) is 0 Å². The van der Waals surface area contributed by atoms with Crippen LogP contribution < -0.4 is 11.1 Å². The maximum absolute atomic E-state index is 12.5. The van der Waals surface area contributed by atoms with Crippen molar-refractivity contribution in [2.45, 2.75) is 12.2 Å². The molecule has 0 saturated heterocycles. The molecule has 0 aliphatic rings. The number of ether oxygens (including phenoxy) is 1. The zero-order valence-corrected chi connectivity index (χ0v) is 11.3. The third-order valence-electron chi connectivity index (χ3n) is 2.31. The summed E-state index contributed by atoms with van der Waals surface area (Å²) in [4.78, 5) is 0. The minimum atomic E-state index is -4.35. The molecule has 3 N–H and O–H groups in total. The van der Waals surface area contributed by atoms with Crippen LogP contribution in [0.4, 0.5) is 18.9 Å². The van der Waals surface area contributed by atoms with Crippen LogP contribution in [0.5, 0.6) is 0 Å². The summed E-state index contributed by atoms with van der Waals surface area (Å²) in [6, 6.07) is 3.27. The second-order valence-corrected chi connectivity index (χ2v) is 4.58. The Bertz CT molecular complexity index is 398. The van der Waals surface area contributed by atoms with Crippen molar-refractivity contribution >= 4 is 21.6 Å². The molecule has 0 amide bonds. The van der Waals surface area contributed by atoms with E-state index in [-0.39, 0.29) is 6.04 Å². The fourth-order valence-electron chi connectivity index (χ4n) is 1.40. The highest BCUT2D eigenvalue weighted by molar-refractivity contribution is 9.10. The third-order valence-corrected chi connectivity index (χ3v) is 2.96. The van der Waals surface area contributed by atoms with Crippen molar-refractivity contribution in [3.05, 3.63) is 28.2 Å². The number of halogens is 4. The van der Waals surface area contributed by atoms with Gasteiger partial charge in [-0.3, -0.25) is 0 Å². The molecular formula is C11H14BrF3N2O. The minimum absolute atomic E-state index is 0.150. The number of nitrogens with two attached hydrogens (primary N) is 1. The van der Waals surface area contributed by atoms with E-state index in [1.165, 1.54) is 13.2 Å². The molecule has 1 rings (SSSR count). The second-order valence-electron chi connectivity index (χ2n) is 3.72. The Balaban J connectivity index is 2.85. The Kier molecular flexibility index (Phi) is 5.43. The Hall–Kier alpha value is -0.790. The van der Waals surface area contributed by atoms with Crippen molar-refractivity contribution in [3.63, 3.8) is 0 Å². The zero-order valence-electron chi connectivity index (χ0n) is 9.72. The van der Waals surface area contributed by atoms with Crippen LogP contribution in [0.3, 0.4) is 0 Å². The molecule has 7 heteroatoms. The van der Waals surface area contributed by atoms with Crippen LogP contribution in [-0.4, -0.2) is 26.3 Å². The first-order valence-corrected chi connectivity index (χ1v) is 6.00. The highest BCUT2D eigenvalue weighted by Gasteiger charge is 2.30. The van der Waals surface area contributed by atoms with Gasteiger partial charge in [0.2, 0.25) is 0 Å². The van der Waals surface area contributed by atoms with E-state index in [0.717, 1.165) is 12.1 Å². The molecule has 102 valence electrons. The fraction of sp³-hybridized carbons (Fsp3) is 0.455. The van der Waals surface area contributed by atoms with Crippen LogP contribution in [0, 0.1) is 0 Å². The summed E-state index contributed by atoms with van der Waals surface area (Å²) in [5.74, 6) is 0. The first-order chi connectivity index (χ1) is 8.38. The van der Waals surface area contributed by atoms with Gasteiger partial charge in [0.05, 0.1) is 18.2 Å². The Morgan fingerprint density at radius 3 is 2.56 bits per heavy atom. The van der Waals surface area contributed by atoms with Crippen molar-refractivity contribution < 1.29 is 17.9 Å². The van der Waals surface area contributed by atoms with E-state index in [9.17, 15) is 13.2 Å². The van der Waals surface area contributed by atoms with Gasteiger partial charge in [0, 0.05) is 23.8 Å². The number of methoxy groups -OCH3 is 1. The molecule has 0 radical (unpaired) electrons. The van der Waals surface area contributed by atoms with Crippen LogP contribution in [0.15, 0.2) is 22.7 Å². The molecule has 0 fully saturated rings. The predicted octanol–water partition coefficient (Wildman–Crippen LogP) is 2.85. The van der Waals surface area contributed by atoms with Crippen LogP contribution in [-0.2, 0) is 10.9 Å². The molecule has 0 bridgehead atoms. The van der Waals surface area contributed by atoms with Crippen LogP contribution in [0.2, 0.25) is 0 Å². The average Bonchev–Trinajstić information content (AvgIpc) is 2.29. The van der Waals surface area contributed by atoms with E-state index >= 15 is 0 Å². The molecule has 0 aliphatic heterocycles. The number of alkyl halides is 3.